The van der Waals surface area contributed by atoms with Gasteiger partial charge in [0.05, 0.1) is 12.2 Å². The van der Waals surface area contributed by atoms with Crippen LogP contribution in [-0.2, 0) is 25.9 Å². The molecule has 0 radical (unpaired) electrons. The fourth-order valence-corrected chi connectivity index (χ4v) is 2.71. The van der Waals surface area contributed by atoms with E-state index in [9.17, 15) is 18.0 Å². The number of esters is 1. The summed E-state index contributed by atoms with van der Waals surface area (Å²) in [5, 5.41) is 0. The van der Waals surface area contributed by atoms with Gasteiger partial charge in [-0.3, -0.25) is 0 Å². The summed E-state index contributed by atoms with van der Waals surface area (Å²) in [6.45, 7) is 2.82. The van der Waals surface area contributed by atoms with E-state index in [1.165, 1.54) is 12.1 Å². The largest absolute Gasteiger partial charge is 0.463 e. The number of halogens is 3. The standard InChI is InChI=1S/C17H19F3O3/c1-2-23-15(21)6-7-16(8-10-22-11-9-16)13-4-3-5-14(12-13)17(18,19)20/h3-7,12H,2,8-11H2,1H3. The molecule has 3 nitrogen and oxygen atoms in total. The van der Waals surface area contributed by atoms with Gasteiger partial charge in [-0.25, -0.2) is 4.79 Å². The van der Waals surface area contributed by atoms with E-state index in [2.05, 4.69) is 0 Å². The number of allylic oxidation sites excluding steroid dienone is 1. The molecule has 6 heteroatoms. The Morgan fingerprint density at radius 3 is 2.65 bits per heavy atom. The molecule has 0 spiro atoms. The molecule has 1 aromatic rings. The Morgan fingerprint density at radius 2 is 2.04 bits per heavy atom. The van der Waals surface area contributed by atoms with Crippen LogP contribution in [0, 0.1) is 0 Å². The third kappa shape index (κ3) is 4.34. The van der Waals surface area contributed by atoms with Crippen LogP contribution in [0.2, 0.25) is 0 Å². The first-order valence-corrected chi connectivity index (χ1v) is 7.49. The Balaban J connectivity index is 2.37. The second-order valence-electron chi connectivity index (χ2n) is 5.43. The maximum Gasteiger partial charge on any atom is 0.416 e. The zero-order valence-corrected chi connectivity index (χ0v) is 12.9. The number of alkyl halides is 3. The van der Waals surface area contributed by atoms with Gasteiger partial charge in [-0.2, -0.15) is 13.2 Å². The van der Waals surface area contributed by atoms with Crippen molar-refractivity contribution in [3.8, 4) is 0 Å². The van der Waals surface area contributed by atoms with Gasteiger partial charge in [0.15, 0.2) is 0 Å². The normalized spacial score (nSPS) is 18.1. The summed E-state index contributed by atoms with van der Waals surface area (Å²) in [5.74, 6) is -0.495. The number of benzene rings is 1. The van der Waals surface area contributed by atoms with Gasteiger partial charge >= 0.3 is 12.1 Å². The second kappa shape index (κ2) is 7.17. The molecule has 1 saturated heterocycles. The Bertz CT molecular complexity index is 573. The number of hydrogen-bond acceptors (Lipinski definition) is 3. The zero-order valence-electron chi connectivity index (χ0n) is 12.9. The van der Waals surface area contributed by atoms with Crippen LogP contribution in [0.3, 0.4) is 0 Å². The van der Waals surface area contributed by atoms with Crippen molar-refractivity contribution in [1.29, 1.82) is 0 Å². The third-order valence-electron chi connectivity index (χ3n) is 3.97. The van der Waals surface area contributed by atoms with Crippen molar-refractivity contribution in [3.05, 3.63) is 47.5 Å². The first-order valence-electron chi connectivity index (χ1n) is 7.49. The van der Waals surface area contributed by atoms with Crippen molar-refractivity contribution >= 4 is 5.97 Å². The van der Waals surface area contributed by atoms with Crippen LogP contribution >= 0.6 is 0 Å². The Labute approximate surface area is 133 Å². The average Bonchev–Trinajstić information content (AvgIpc) is 2.53. The predicted octanol–water partition coefficient (Wildman–Crippen LogP) is 3.87. The molecule has 1 heterocycles. The monoisotopic (exact) mass is 328 g/mol. The lowest BCUT2D eigenvalue weighted by Crippen LogP contribution is -2.32. The summed E-state index contributed by atoms with van der Waals surface area (Å²) >= 11 is 0. The maximum absolute atomic E-state index is 13.0. The van der Waals surface area contributed by atoms with Crippen molar-refractivity contribution in [2.75, 3.05) is 19.8 Å². The molecule has 1 aliphatic heterocycles. The molecule has 23 heavy (non-hydrogen) atoms. The highest BCUT2D eigenvalue weighted by atomic mass is 19.4. The number of hydrogen-bond donors (Lipinski definition) is 0. The third-order valence-corrected chi connectivity index (χ3v) is 3.97. The Hall–Kier alpha value is -1.82. The minimum atomic E-state index is -4.40. The van der Waals surface area contributed by atoms with Crippen molar-refractivity contribution in [2.24, 2.45) is 0 Å². The highest BCUT2D eigenvalue weighted by Crippen LogP contribution is 2.39. The Kier molecular flexibility index (Phi) is 5.46. The first kappa shape index (κ1) is 17.5. The van der Waals surface area contributed by atoms with E-state index in [1.54, 1.807) is 19.1 Å². The predicted molar refractivity (Wildman–Crippen MR) is 78.9 cm³/mol. The van der Waals surface area contributed by atoms with Crippen molar-refractivity contribution in [3.63, 3.8) is 0 Å². The minimum Gasteiger partial charge on any atom is -0.463 e. The molecule has 0 aromatic heterocycles. The van der Waals surface area contributed by atoms with Gasteiger partial charge in [0.1, 0.15) is 0 Å². The van der Waals surface area contributed by atoms with E-state index >= 15 is 0 Å². The van der Waals surface area contributed by atoms with E-state index in [-0.39, 0.29) is 6.61 Å². The van der Waals surface area contributed by atoms with Crippen LogP contribution in [-0.4, -0.2) is 25.8 Å². The maximum atomic E-state index is 13.0. The topological polar surface area (TPSA) is 35.5 Å². The molecule has 0 saturated carbocycles. The lowest BCUT2D eigenvalue weighted by atomic mass is 9.73. The number of rotatable bonds is 4. The van der Waals surface area contributed by atoms with Crippen LogP contribution in [0.1, 0.15) is 30.9 Å². The van der Waals surface area contributed by atoms with Gasteiger partial charge in [0.25, 0.3) is 0 Å². The summed E-state index contributed by atoms with van der Waals surface area (Å²) in [4.78, 5) is 11.6. The van der Waals surface area contributed by atoms with Gasteiger partial charge in [-0.05, 0) is 31.4 Å². The summed E-state index contributed by atoms with van der Waals surface area (Å²) in [6.07, 6.45) is -0.403. The quantitative estimate of drug-likeness (QED) is 0.622. The van der Waals surface area contributed by atoms with Crippen LogP contribution in [0.4, 0.5) is 13.2 Å². The fourth-order valence-electron chi connectivity index (χ4n) is 2.71. The molecule has 0 atom stereocenters. The number of carbonyl (C=O) groups is 1. The van der Waals surface area contributed by atoms with Crippen molar-refractivity contribution in [1.82, 2.24) is 0 Å². The molecule has 0 N–H and O–H groups in total. The van der Waals surface area contributed by atoms with Gasteiger partial charge in [-0.1, -0.05) is 24.3 Å². The van der Waals surface area contributed by atoms with Gasteiger partial charge in [0.2, 0.25) is 0 Å². The van der Waals surface area contributed by atoms with Crippen molar-refractivity contribution < 1.29 is 27.4 Å². The summed E-state index contributed by atoms with van der Waals surface area (Å²) in [5.41, 5.74) is -0.798. The molecule has 2 rings (SSSR count). The molecule has 1 aliphatic rings. The molecule has 0 unspecified atom stereocenters. The number of carbonyl (C=O) groups excluding carboxylic acids is 1. The van der Waals surface area contributed by atoms with Crippen LogP contribution in [0.25, 0.3) is 0 Å². The van der Waals surface area contributed by atoms with Gasteiger partial charge < -0.3 is 9.47 Å². The van der Waals surface area contributed by atoms with Crippen LogP contribution in [0.5, 0.6) is 0 Å². The molecule has 0 aliphatic carbocycles. The summed E-state index contributed by atoms with van der Waals surface area (Å²) < 4.78 is 49.1. The lowest BCUT2D eigenvalue weighted by molar-refractivity contribution is -0.138. The fraction of sp³-hybridized carbons (Fsp3) is 0.471. The molecule has 0 amide bonds. The smallest absolute Gasteiger partial charge is 0.416 e. The minimum absolute atomic E-state index is 0.253. The number of ether oxygens (including phenoxy) is 2. The molecule has 1 fully saturated rings. The van der Waals surface area contributed by atoms with Crippen LogP contribution in [0.15, 0.2) is 36.4 Å². The van der Waals surface area contributed by atoms with Crippen molar-refractivity contribution in [2.45, 2.75) is 31.4 Å². The summed E-state index contributed by atoms with van der Waals surface area (Å²) in [6, 6.07) is 5.26. The van der Waals surface area contributed by atoms with Crippen LogP contribution < -0.4 is 0 Å². The molecule has 0 bridgehead atoms. The summed E-state index contributed by atoms with van der Waals surface area (Å²) in [7, 11) is 0. The highest BCUT2D eigenvalue weighted by Gasteiger charge is 2.36. The SMILES string of the molecule is CCOC(=O)C=CC1(c2cccc(C(F)(F)F)c2)CCOCC1. The highest BCUT2D eigenvalue weighted by molar-refractivity contribution is 5.82. The van der Waals surface area contributed by atoms with Gasteiger partial charge in [0, 0.05) is 24.7 Å². The average molecular weight is 328 g/mol. The molecule has 1 aromatic carbocycles. The second-order valence-corrected chi connectivity index (χ2v) is 5.43. The molecular weight excluding hydrogens is 309 g/mol. The lowest BCUT2D eigenvalue weighted by Gasteiger charge is -2.35. The molecule has 126 valence electrons. The first-order chi connectivity index (χ1) is 10.9. The Morgan fingerprint density at radius 1 is 1.35 bits per heavy atom. The van der Waals surface area contributed by atoms with E-state index in [0.29, 0.717) is 31.6 Å². The molecular formula is C17H19F3O3. The van der Waals surface area contributed by atoms with E-state index < -0.39 is 23.1 Å². The van der Waals surface area contributed by atoms with E-state index in [0.717, 1.165) is 12.1 Å². The van der Waals surface area contributed by atoms with E-state index in [4.69, 9.17) is 9.47 Å². The van der Waals surface area contributed by atoms with E-state index in [1.807, 2.05) is 0 Å². The van der Waals surface area contributed by atoms with Gasteiger partial charge in [-0.15, -0.1) is 0 Å². The zero-order chi connectivity index (χ0) is 16.9.